The Morgan fingerprint density at radius 1 is 1.43 bits per heavy atom. The highest BCUT2D eigenvalue weighted by atomic mass is 16.3. The van der Waals surface area contributed by atoms with E-state index in [0.717, 1.165) is 29.3 Å². The van der Waals surface area contributed by atoms with Crippen LogP contribution in [0.4, 0.5) is 0 Å². The van der Waals surface area contributed by atoms with Crippen molar-refractivity contribution in [2.75, 3.05) is 0 Å². The summed E-state index contributed by atoms with van der Waals surface area (Å²) in [6.07, 6.45) is 5.28. The molecule has 14 heavy (non-hydrogen) atoms. The van der Waals surface area contributed by atoms with Gasteiger partial charge in [0.25, 0.3) is 0 Å². The monoisotopic (exact) mass is 188 g/mol. The average Bonchev–Trinajstić information content (AvgIpc) is 2.80. The number of aliphatic hydroxyl groups is 1. The number of aryl methyl sites for hydroxylation is 1. The van der Waals surface area contributed by atoms with E-state index in [4.69, 9.17) is 0 Å². The summed E-state index contributed by atoms with van der Waals surface area (Å²) in [6.45, 7) is 0.113. The molecule has 1 aromatic heterocycles. The van der Waals surface area contributed by atoms with Crippen LogP contribution in [0.25, 0.3) is 10.9 Å². The fourth-order valence-electron chi connectivity index (χ4n) is 2.43. The Labute approximate surface area is 81.8 Å². The molecule has 0 spiro atoms. The number of fused-ring (bicyclic) bond motifs is 2. The van der Waals surface area contributed by atoms with Crippen LogP contribution in [0.3, 0.4) is 0 Å². The highest BCUT2D eigenvalue weighted by molar-refractivity contribution is 5.84. The molecule has 0 radical (unpaired) electrons. The van der Waals surface area contributed by atoms with Gasteiger partial charge in [-0.1, -0.05) is 0 Å². The molecular weight excluding hydrogens is 176 g/mol. The fourth-order valence-corrected chi connectivity index (χ4v) is 2.43. The summed E-state index contributed by atoms with van der Waals surface area (Å²) in [6, 6.07) is 2.19. The predicted molar refractivity (Wildman–Crippen MR) is 54.0 cm³/mol. The van der Waals surface area contributed by atoms with Crippen LogP contribution in [0.15, 0.2) is 12.3 Å². The van der Waals surface area contributed by atoms with Gasteiger partial charge in [0.05, 0.1) is 18.3 Å². The molecule has 0 amide bonds. The van der Waals surface area contributed by atoms with E-state index in [0.29, 0.717) is 0 Å². The molecule has 0 atom stereocenters. The third-order valence-corrected chi connectivity index (χ3v) is 3.08. The minimum Gasteiger partial charge on any atom is -0.392 e. The smallest absolute Gasteiger partial charge is 0.0708 e. The third-order valence-electron chi connectivity index (χ3n) is 3.08. The van der Waals surface area contributed by atoms with Crippen LogP contribution in [0.2, 0.25) is 0 Å². The van der Waals surface area contributed by atoms with Crippen molar-refractivity contribution in [2.24, 2.45) is 0 Å². The maximum absolute atomic E-state index is 9.37. The van der Waals surface area contributed by atoms with E-state index >= 15 is 0 Å². The van der Waals surface area contributed by atoms with Crippen molar-refractivity contribution >= 4 is 10.9 Å². The zero-order chi connectivity index (χ0) is 9.54. The quantitative estimate of drug-likeness (QED) is 0.713. The van der Waals surface area contributed by atoms with E-state index in [9.17, 15) is 5.11 Å². The number of benzene rings is 1. The summed E-state index contributed by atoms with van der Waals surface area (Å²) >= 11 is 0. The number of aliphatic hydroxyl groups excluding tert-OH is 1. The number of nitrogens with one attached hydrogen (secondary N) is 1. The second-order valence-electron chi connectivity index (χ2n) is 3.84. The van der Waals surface area contributed by atoms with Gasteiger partial charge >= 0.3 is 0 Å². The van der Waals surface area contributed by atoms with Gasteiger partial charge in [0, 0.05) is 10.9 Å². The maximum atomic E-state index is 9.37. The van der Waals surface area contributed by atoms with Gasteiger partial charge in [-0.15, -0.1) is 0 Å². The predicted octanol–water partition coefficient (Wildman–Crippen LogP) is 1.54. The van der Waals surface area contributed by atoms with Crippen LogP contribution in [-0.2, 0) is 19.4 Å². The molecule has 3 rings (SSSR count). The van der Waals surface area contributed by atoms with Gasteiger partial charge in [-0.2, -0.15) is 5.10 Å². The summed E-state index contributed by atoms with van der Waals surface area (Å²) < 4.78 is 0. The Morgan fingerprint density at radius 2 is 2.36 bits per heavy atom. The van der Waals surface area contributed by atoms with Crippen LogP contribution in [0.5, 0.6) is 0 Å². The minimum absolute atomic E-state index is 0.113. The van der Waals surface area contributed by atoms with Crippen molar-refractivity contribution in [3.8, 4) is 0 Å². The normalized spacial score (nSPS) is 14.9. The average molecular weight is 188 g/mol. The highest BCUT2D eigenvalue weighted by Crippen LogP contribution is 2.30. The molecule has 2 aromatic rings. The SMILES string of the molecule is OCc1c2c(cc3cn[nH]c13)CCC2. The summed E-state index contributed by atoms with van der Waals surface area (Å²) in [5, 5.41) is 17.5. The van der Waals surface area contributed by atoms with Crippen molar-refractivity contribution in [3.05, 3.63) is 29.0 Å². The molecule has 1 aromatic carbocycles. The van der Waals surface area contributed by atoms with Crippen LogP contribution in [0.1, 0.15) is 23.1 Å². The number of hydrogen-bond donors (Lipinski definition) is 2. The van der Waals surface area contributed by atoms with Gasteiger partial charge < -0.3 is 5.11 Å². The molecule has 3 heteroatoms. The molecule has 72 valence electrons. The number of rotatable bonds is 1. The second kappa shape index (κ2) is 2.82. The van der Waals surface area contributed by atoms with Crippen LogP contribution in [0, 0.1) is 0 Å². The van der Waals surface area contributed by atoms with Gasteiger partial charge in [0.1, 0.15) is 0 Å². The van der Waals surface area contributed by atoms with Gasteiger partial charge in [-0.3, -0.25) is 5.10 Å². The van der Waals surface area contributed by atoms with Gasteiger partial charge in [0.2, 0.25) is 0 Å². The third kappa shape index (κ3) is 0.930. The standard InChI is InChI=1S/C11H12N2O/c14-6-10-9-3-1-2-7(9)4-8-5-12-13-11(8)10/h4-5,14H,1-3,6H2,(H,12,13). The Kier molecular flexibility index (Phi) is 1.61. The highest BCUT2D eigenvalue weighted by Gasteiger charge is 2.17. The van der Waals surface area contributed by atoms with Crippen LogP contribution < -0.4 is 0 Å². The first-order chi connectivity index (χ1) is 6.90. The summed E-state index contributed by atoms with van der Waals surface area (Å²) in [7, 11) is 0. The Balaban J connectivity index is 2.40. The number of nitrogens with zero attached hydrogens (tertiary/aromatic N) is 1. The fraction of sp³-hybridized carbons (Fsp3) is 0.364. The number of hydrogen-bond acceptors (Lipinski definition) is 2. The van der Waals surface area contributed by atoms with Gasteiger partial charge in [-0.05, 0) is 36.5 Å². The van der Waals surface area contributed by atoms with Crippen molar-refractivity contribution in [1.29, 1.82) is 0 Å². The first-order valence-corrected chi connectivity index (χ1v) is 4.97. The molecule has 0 fully saturated rings. The topological polar surface area (TPSA) is 48.9 Å². The van der Waals surface area contributed by atoms with E-state index in [1.807, 2.05) is 6.20 Å². The Bertz CT molecular complexity index is 487. The second-order valence-corrected chi connectivity index (χ2v) is 3.84. The number of aromatic amines is 1. The van der Waals surface area contributed by atoms with Crippen molar-refractivity contribution in [3.63, 3.8) is 0 Å². The molecular formula is C11H12N2O. The first-order valence-electron chi connectivity index (χ1n) is 4.97. The van der Waals surface area contributed by atoms with Crippen molar-refractivity contribution in [1.82, 2.24) is 10.2 Å². The number of aromatic nitrogens is 2. The molecule has 0 bridgehead atoms. The molecule has 1 aliphatic carbocycles. The lowest BCUT2D eigenvalue weighted by Gasteiger charge is -2.06. The van der Waals surface area contributed by atoms with E-state index in [2.05, 4.69) is 16.3 Å². The lowest BCUT2D eigenvalue weighted by molar-refractivity contribution is 0.282. The molecule has 0 unspecified atom stereocenters. The van der Waals surface area contributed by atoms with E-state index in [-0.39, 0.29) is 6.61 Å². The van der Waals surface area contributed by atoms with Crippen molar-refractivity contribution < 1.29 is 5.11 Å². The first kappa shape index (κ1) is 8.00. The van der Waals surface area contributed by atoms with Crippen LogP contribution >= 0.6 is 0 Å². The molecule has 0 saturated carbocycles. The van der Waals surface area contributed by atoms with E-state index in [1.165, 1.54) is 17.5 Å². The van der Waals surface area contributed by atoms with Gasteiger partial charge in [0.15, 0.2) is 0 Å². The molecule has 1 aliphatic rings. The van der Waals surface area contributed by atoms with E-state index < -0.39 is 0 Å². The Morgan fingerprint density at radius 3 is 3.21 bits per heavy atom. The zero-order valence-electron chi connectivity index (χ0n) is 7.88. The summed E-state index contributed by atoms with van der Waals surface area (Å²) in [4.78, 5) is 0. The van der Waals surface area contributed by atoms with Crippen LogP contribution in [-0.4, -0.2) is 15.3 Å². The minimum atomic E-state index is 0.113. The largest absolute Gasteiger partial charge is 0.392 e. The zero-order valence-corrected chi connectivity index (χ0v) is 7.88. The molecule has 1 heterocycles. The lowest BCUT2D eigenvalue weighted by atomic mass is 10.0. The summed E-state index contributed by atoms with van der Waals surface area (Å²) in [5.74, 6) is 0. The molecule has 2 N–H and O–H groups in total. The molecule has 3 nitrogen and oxygen atoms in total. The Hall–Kier alpha value is -1.35. The van der Waals surface area contributed by atoms with E-state index in [1.54, 1.807) is 0 Å². The molecule has 0 aliphatic heterocycles. The van der Waals surface area contributed by atoms with Crippen molar-refractivity contribution in [2.45, 2.75) is 25.9 Å². The van der Waals surface area contributed by atoms with Gasteiger partial charge in [-0.25, -0.2) is 0 Å². The lowest BCUT2D eigenvalue weighted by Crippen LogP contribution is -1.94. The molecule has 0 saturated heterocycles. The number of H-pyrrole nitrogens is 1. The maximum Gasteiger partial charge on any atom is 0.0708 e. The summed E-state index contributed by atoms with van der Waals surface area (Å²) in [5.41, 5.74) is 4.79.